The van der Waals surface area contributed by atoms with Gasteiger partial charge >= 0.3 is 0 Å². The van der Waals surface area contributed by atoms with Crippen LogP contribution in [0, 0.1) is 11.6 Å². The summed E-state index contributed by atoms with van der Waals surface area (Å²) in [6.07, 6.45) is 0. The maximum atomic E-state index is 14.4. The smallest absolute Gasteiger partial charge is 0.161 e. The summed E-state index contributed by atoms with van der Waals surface area (Å²) < 4.78 is 27.8. The van der Waals surface area contributed by atoms with Crippen LogP contribution in [0.1, 0.15) is 11.1 Å². The first-order chi connectivity index (χ1) is 9.90. The van der Waals surface area contributed by atoms with Gasteiger partial charge in [-0.05, 0) is 45.8 Å². The van der Waals surface area contributed by atoms with Crippen molar-refractivity contribution in [2.24, 2.45) is 5.73 Å². The normalized spacial score (nSPS) is 10.5. The van der Waals surface area contributed by atoms with E-state index in [-0.39, 0.29) is 15.3 Å². The quantitative estimate of drug-likeness (QED) is 0.824. The van der Waals surface area contributed by atoms with E-state index in [1.807, 2.05) is 0 Å². The lowest BCUT2D eigenvalue weighted by atomic mass is 10.1. The Kier molecular flexibility index (Phi) is 4.90. The van der Waals surface area contributed by atoms with E-state index in [0.29, 0.717) is 17.8 Å². The molecule has 110 valence electrons. The molecule has 0 amide bonds. The van der Waals surface area contributed by atoms with Crippen LogP contribution in [0.15, 0.2) is 40.9 Å². The highest BCUT2D eigenvalue weighted by Gasteiger charge is 2.15. The van der Waals surface area contributed by atoms with Gasteiger partial charge in [0, 0.05) is 19.2 Å². The van der Waals surface area contributed by atoms with Crippen molar-refractivity contribution in [1.29, 1.82) is 0 Å². The van der Waals surface area contributed by atoms with Crippen molar-refractivity contribution in [3.63, 3.8) is 0 Å². The van der Waals surface area contributed by atoms with E-state index in [2.05, 4.69) is 15.9 Å². The minimum Gasteiger partial charge on any atom is -0.389 e. The number of thiocarbonyl (C=S) groups is 1. The van der Waals surface area contributed by atoms with E-state index < -0.39 is 5.82 Å². The van der Waals surface area contributed by atoms with Gasteiger partial charge in [-0.15, -0.1) is 0 Å². The number of nitrogens with zero attached hydrogens (tertiary/aromatic N) is 1. The molecule has 0 saturated carbocycles. The Labute approximate surface area is 135 Å². The molecule has 0 radical (unpaired) electrons. The van der Waals surface area contributed by atoms with Crippen molar-refractivity contribution in [2.75, 3.05) is 11.9 Å². The third-order valence-electron chi connectivity index (χ3n) is 3.05. The molecule has 0 aliphatic rings. The Bertz CT molecular complexity index is 691. The fraction of sp³-hybridized carbons (Fsp3) is 0.133. The van der Waals surface area contributed by atoms with Gasteiger partial charge in [-0.2, -0.15) is 0 Å². The molecule has 0 fully saturated rings. The van der Waals surface area contributed by atoms with Crippen LogP contribution in [-0.2, 0) is 6.54 Å². The zero-order valence-corrected chi connectivity index (χ0v) is 13.6. The first-order valence-corrected chi connectivity index (χ1v) is 7.33. The number of halogens is 3. The minimum absolute atomic E-state index is 0.125. The van der Waals surface area contributed by atoms with E-state index in [1.165, 1.54) is 12.1 Å². The first kappa shape index (κ1) is 15.9. The number of hydrogen-bond acceptors (Lipinski definition) is 2. The molecule has 0 atom stereocenters. The van der Waals surface area contributed by atoms with Gasteiger partial charge in [0.05, 0.1) is 10.2 Å². The van der Waals surface area contributed by atoms with Gasteiger partial charge in [0.1, 0.15) is 10.8 Å². The van der Waals surface area contributed by atoms with E-state index in [4.69, 9.17) is 18.0 Å². The molecule has 0 aromatic heterocycles. The van der Waals surface area contributed by atoms with E-state index >= 15 is 0 Å². The molecule has 0 bridgehead atoms. The highest BCUT2D eigenvalue weighted by molar-refractivity contribution is 9.10. The zero-order chi connectivity index (χ0) is 15.6. The van der Waals surface area contributed by atoms with Gasteiger partial charge in [-0.25, -0.2) is 8.78 Å². The number of anilines is 1. The van der Waals surface area contributed by atoms with Crippen LogP contribution in [0.3, 0.4) is 0 Å². The van der Waals surface area contributed by atoms with Crippen molar-refractivity contribution in [1.82, 2.24) is 0 Å². The number of rotatable bonds is 4. The average molecular weight is 371 g/mol. The van der Waals surface area contributed by atoms with Gasteiger partial charge in [0.2, 0.25) is 0 Å². The Morgan fingerprint density at radius 3 is 2.62 bits per heavy atom. The highest BCUT2D eigenvalue weighted by Crippen LogP contribution is 2.29. The van der Waals surface area contributed by atoms with Crippen molar-refractivity contribution in [3.8, 4) is 0 Å². The Hall–Kier alpha value is -1.53. The molecular weight excluding hydrogens is 358 g/mol. The second kappa shape index (κ2) is 6.49. The molecule has 2 aromatic rings. The molecule has 0 saturated heterocycles. The van der Waals surface area contributed by atoms with E-state index in [9.17, 15) is 8.78 Å². The molecular formula is C15H13BrF2N2S. The van der Waals surface area contributed by atoms with Crippen molar-refractivity contribution in [3.05, 3.63) is 63.6 Å². The molecule has 2 rings (SSSR count). The molecule has 2 nitrogen and oxygen atoms in total. The summed E-state index contributed by atoms with van der Waals surface area (Å²) in [7, 11) is 1.73. The summed E-state index contributed by atoms with van der Waals surface area (Å²) in [6.45, 7) is 0.382. The summed E-state index contributed by atoms with van der Waals surface area (Å²) in [4.78, 5) is 1.82. The molecule has 2 N–H and O–H groups in total. The highest BCUT2D eigenvalue weighted by atomic mass is 79.9. The van der Waals surface area contributed by atoms with Crippen molar-refractivity contribution in [2.45, 2.75) is 6.54 Å². The number of nitrogens with two attached hydrogens (primary N) is 1. The van der Waals surface area contributed by atoms with Gasteiger partial charge < -0.3 is 10.6 Å². The third kappa shape index (κ3) is 3.57. The van der Waals surface area contributed by atoms with Crippen LogP contribution in [0.5, 0.6) is 0 Å². The summed E-state index contributed by atoms with van der Waals surface area (Å²) in [6, 6.07) is 9.47. The van der Waals surface area contributed by atoms with Gasteiger partial charge in [0.15, 0.2) is 5.82 Å². The zero-order valence-electron chi connectivity index (χ0n) is 11.2. The summed E-state index contributed by atoms with van der Waals surface area (Å²) in [5, 5.41) is 0. The predicted octanol–water partition coefficient (Wildman–Crippen LogP) is 4.00. The summed E-state index contributed by atoms with van der Waals surface area (Å²) in [5.74, 6) is -0.759. The number of benzene rings is 2. The Balaban J connectivity index is 2.29. The lowest BCUT2D eigenvalue weighted by molar-refractivity contribution is 0.614. The standard InChI is InChI=1S/C15H13BrF2N2S/c1-20(8-9-3-2-4-10(17)7-9)12-6-5-11(15(19)21)13(16)14(12)18/h2-7H,8H2,1H3,(H2,19,21). The predicted molar refractivity (Wildman–Crippen MR) is 88.5 cm³/mol. The monoisotopic (exact) mass is 370 g/mol. The molecule has 0 aliphatic carbocycles. The largest absolute Gasteiger partial charge is 0.389 e. The van der Waals surface area contributed by atoms with E-state index in [1.54, 1.807) is 36.2 Å². The molecule has 0 spiro atoms. The molecule has 0 unspecified atom stereocenters. The topological polar surface area (TPSA) is 29.3 Å². The summed E-state index contributed by atoms with van der Waals surface area (Å²) >= 11 is 8.03. The third-order valence-corrected chi connectivity index (χ3v) is 4.04. The van der Waals surface area contributed by atoms with Crippen LogP contribution >= 0.6 is 28.1 Å². The first-order valence-electron chi connectivity index (χ1n) is 6.13. The Morgan fingerprint density at radius 1 is 1.29 bits per heavy atom. The maximum Gasteiger partial charge on any atom is 0.161 e. The lowest BCUT2D eigenvalue weighted by Gasteiger charge is -2.21. The van der Waals surface area contributed by atoms with Crippen LogP contribution in [-0.4, -0.2) is 12.0 Å². The van der Waals surface area contributed by atoms with Crippen molar-refractivity contribution >= 4 is 38.8 Å². The van der Waals surface area contributed by atoms with E-state index in [0.717, 1.165) is 5.56 Å². The van der Waals surface area contributed by atoms with Crippen LogP contribution in [0.4, 0.5) is 14.5 Å². The fourth-order valence-corrected chi connectivity index (χ4v) is 2.87. The molecule has 0 aliphatic heterocycles. The second-order valence-corrected chi connectivity index (χ2v) is 5.84. The maximum absolute atomic E-state index is 14.4. The number of hydrogen-bond donors (Lipinski definition) is 1. The van der Waals surface area contributed by atoms with Gasteiger partial charge in [-0.3, -0.25) is 0 Å². The SMILES string of the molecule is CN(Cc1cccc(F)c1)c1ccc(C(N)=S)c(Br)c1F. The average Bonchev–Trinajstić information content (AvgIpc) is 2.41. The molecule has 0 heterocycles. The molecule has 6 heteroatoms. The van der Waals surface area contributed by atoms with Crippen LogP contribution in [0.2, 0.25) is 0 Å². The van der Waals surface area contributed by atoms with Crippen LogP contribution in [0.25, 0.3) is 0 Å². The fourth-order valence-electron chi connectivity index (χ4n) is 2.02. The van der Waals surface area contributed by atoms with Gasteiger partial charge in [-0.1, -0.05) is 24.4 Å². The lowest BCUT2D eigenvalue weighted by Crippen LogP contribution is -2.19. The Morgan fingerprint density at radius 2 is 2.00 bits per heavy atom. The molecule has 2 aromatic carbocycles. The molecule has 21 heavy (non-hydrogen) atoms. The van der Waals surface area contributed by atoms with Gasteiger partial charge in [0.25, 0.3) is 0 Å². The summed E-state index contributed by atoms with van der Waals surface area (Å²) in [5.41, 5.74) is 7.12. The minimum atomic E-state index is -0.445. The van der Waals surface area contributed by atoms with Crippen molar-refractivity contribution < 1.29 is 8.78 Å². The van der Waals surface area contributed by atoms with Crippen LogP contribution < -0.4 is 10.6 Å². The second-order valence-electron chi connectivity index (χ2n) is 4.61.